The Morgan fingerprint density at radius 2 is 1.93 bits per heavy atom. The van der Waals surface area contributed by atoms with Crippen molar-refractivity contribution in [3.63, 3.8) is 0 Å². The lowest BCUT2D eigenvalue weighted by Gasteiger charge is -2.34. The standard InChI is InChI=1S/C33H32ClFN4O4/c1-41-33(40)28-9-8-27-32(37-28)39(18-23-13-16-42-23)30(36-27)19-38-14-11-20(12-15-38)24-4-2-3-21-5-10-29(43-31(21)24)25-7-6-22(34)17-26(25)35/h2-10,17,20,23,29H,11-16,18-19H2,1H3/t23-,29-/m0/s1. The smallest absolute Gasteiger partial charge is 0.356 e. The van der Waals surface area contributed by atoms with Crippen LogP contribution in [0.5, 0.6) is 5.75 Å². The third-order valence-electron chi connectivity index (χ3n) is 8.68. The minimum Gasteiger partial charge on any atom is -0.481 e. The number of para-hydroxylation sites is 1. The predicted octanol–water partition coefficient (Wildman–Crippen LogP) is 6.33. The van der Waals surface area contributed by atoms with E-state index in [0.717, 1.165) is 67.2 Å². The van der Waals surface area contributed by atoms with Crippen LogP contribution in [0.4, 0.5) is 4.39 Å². The summed E-state index contributed by atoms with van der Waals surface area (Å²) in [4.78, 5) is 24.1. The molecule has 2 atom stereocenters. The molecule has 5 heterocycles. The maximum Gasteiger partial charge on any atom is 0.356 e. The molecule has 3 aliphatic rings. The normalized spacial score (nSPS) is 20.4. The number of fused-ring (bicyclic) bond motifs is 2. The van der Waals surface area contributed by atoms with Gasteiger partial charge >= 0.3 is 5.97 Å². The molecule has 0 radical (unpaired) electrons. The minimum absolute atomic E-state index is 0.119. The number of esters is 1. The van der Waals surface area contributed by atoms with Gasteiger partial charge < -0.3 is 18.8 Å². The van der Waals surface area contributed by atoms with Gasteiger partial charge in [0, 0.05) is 22.8 Å². The molecule has 8 nitrogen and oxygen atoms in total. The van der Waals surface area contributed by atoms with E-state index < -0.39 is 12.1 Å². The highest BCUT2D eigenvalue weighted by Gasteiger charge is 2.29. The number of methoxy groups -OCH3 is 1. The fraction of sp³-hybridized carbons (Fsp3) is 0.364. The monoisotopic (exact) mass is 602 g/mol. The third-order valence-corrected chi connectivity index (χ3v) is 8.91. The first-order valence-corrected chi connectivity index (χ1v) is 15.1. The molecule has 0 bridgehead atoms. The molecule has 0 unspecified atom stereocenters. The number of halogens is 2. The lowest BCUT2D eigenvalue weighted by molar-refractivity contribution is -0.0593. The molecule has 10 heteroatoms. The van der Waals surface area contributed by atoms with Crippen molar-refractivity contribution in [1.82, 2.24) is 19.4 Å². The van der Waals surface area contributed by atoms with Crippen LogP contribution in [0.2, 0.25) is 5.02 Å². The van der Waals surface area contributed by atoms with Gasteiger partial charge in [-0.1, -0.05) is 41.9 Å². The predicted molar refractivity (Wildman–Crippen MR) is 161 cm³/mol. The maximum absolute atomic E-state index is 14.7. The maximum atomic E-state index is 14.7. The molecule has 2 saturated heterocycles. The summed E-state index contributed by atoms with van der Waals surface area (Å²) in [6.45, 7) is 3.87. The van der Waals surface area contributed by atoms with Gasteiger partial charge in [0.05, 0.1) is 26.3 Å². The fourth-order valence-electron chi connectivity index (χ4n) is 6.23. The van der Waals surface area contributed by atoms with E-state index in [-0.39, 0.29) is 17.6 Å². The molecule has 0 amide bonds. The van der Waals surface area contributed by atoms with Crippen LogP contribution >= 0.6 is 11.6 Å². The van der Waals surface area contributed by atoms with Gasteiger partial charge in [-0.25, -0.2) is 19.2 Å². The number of benzene rings is 2. The Labute approximate surface area is 254 Å². The van der Waals surface area contributed by atoms with Gasteiger partial charge in [-0.15, -0.1) is 0 Å². The summed E-state index contributed by atoms with van der Waals surface area (Å²) in [5, 5.41) is 0.364. The van der Waals surface area contributed by atoms with Gasteiger partial charge in [0.25, 0.3) is 0 Å². The lowest BCUT2D eigenvalue weighted by Crippen LogP contribution is -2.35. The minimum atomic E-state index is -0.507. The second-order valence-corrected chi connectivity index (χ2v) is 11.8. The van der Waals surface area contributed by atoms with E-state index in [1.165, 1.54) is 13.2 Å². The number of piperidine rings is 1. The van der Waals surface area contributed by atoms with Gasteiger partial charge in [-0.05, 0) is 74.2 Å². The van der Waals surface area contributed by atoms with Crippen LogP contribution in [0, 0.1) is 5.82 Å². The zero-order valence-electron chi connectivity index (χ0n) is 23.8. The van der Waals surface area contributed by atoms with E-state index in [1.807, 2.05) is 24.3 Å². The number of carbonyl (C=O) groups excluding carboxylic acids is 1. The van der Waals surface area contributed by atoms with Crippen LogP contribution in [-0.4, -0.2) is 58.3 Å². The second kappa shape index (κ2) is 11.7. The zero-order chi connectivity index (χ0) is 29.5. The Morgan fingerprint density at radius 3 is 2.67 bits per heavy atom. The average molecular weight is 603 g/mol. The van der Waals surface area contributed by atoms with E-state index in [1.54, 1.807) is 18.2 Å². The van der Waals surface area contributed by atoms with Crippen molar-refractivity contribution in [3.8, 4) is 5.75 Å². The van der Waals surface area contributed by atoms with Gasteiger partial charge in [-0.2, -0.15) is 0 Å². The molecular weight excluding hydrogens is 571 g/mol. The first kappa shape index (κ1) is 28.0. The Kier molecular flexibility index (Phi) is 7.63. The van der Waals surface area contributed by atoms with Crippen LogP contribution in [-0.2, 0) is 22.6 Å². The summed E-state index contributed by atoms with van der Waals surface area (Å²) in [5.41, 5.74) is 4.34. The molecule has 3 aliphatic heterocycles. The molecule has 2 aromatic carbocycles. The van der Waals surface area contributed by atoms with E-state index in [2.05, 4.69) is 26.6 Å². The highest BCUT2D eigenvalue weighted by Crippen LogP contribution is 2.42. The Hall–Kier alpha value is -3.79. The molecular formula is C33H32ClFN4O4. The number of hydrogen-bond acceptors (Lipinski definition) is 7. The summed E-state index contributed by atoms with van der Waals surface area (Å²) in [6.07, 6.45) is 6.43. The van der Waals surface area contributed by atoms with Gasteiger partial charge in [0.1, 0.15) is 29.0 Å². The Bertz CT molecular complexity index is 1710. The van der Waals surface area contributed by atoms with Crippen LogP contribution in [0.25, 0.3) is 17.2 Å². The van der Waals surface area contributed by atoms with E-state index >= 15 is 0 Å². The molecule has 222 valence electrons. The molecule has 0 N–H and O–H groups in total. The number of carbonyl (C=O) groups is 1. The van der Waals surface area contributed by atoms with Crippen molar-refractivity contribution >= 4 is 34.8 Å². The third kappa shape index (κ3) is 5.53. The number of likely N-dealkylation sites (tertiary alicyclic amines) is 1. The summed E-state index contributed by atoms with van der Waals surface area (Å²) >= 11 is 5.98. The van der Waals surface area contributed by atoms with Gasteiger partial charge in [0.2, 0.25) is 0 Å². The van der Waals surface area contributed by atoms with E-state index in [9.17, 15) is 9.18 Å². The van der Waals surface area contributed by atoms with Crippen LogP contribution in [0.1, 0.15) is 64.3 Å². The lowest BCUT2D eigenvalue weighted by atomic mass is 9.87. The first-order chi connectivity index (χ1) is 21.0. The summed E-state index contributed by atoms with van der Waals surface area (Å²) in [5.74, 6) is 1.22. The summed E-state index contributed by atoms with van der Waals surface area (Å²) in [7, 11) is 1.36. The molecule has 43 heavy (non-hydrogen) atoms. The van der Waals surface area contributed by atoms with Gasteiger partial charge in [0.15, 0.2) is 11.3 Å². The van der Waals surface area contributed by atoms with Crippen molar-refractivity contribution in [1.29, 1.82) is 0 Å². The number of hydrogen-bond donors (Lipinski definition) is 0. The quantitative estimate of drug-likeness (QED) is 0.229. The summed E-state index contributed by atoms with van der Waals surface area (Å²) in [6, 6.07) is 14.4. The Morgan fingerprint density at radius 1 is 1.09 bits per heavy atom. The highest BCUT2D eigenvalue weighted by atomic mass is 35.5. The molecule has 7 rings (SSSR count). The SMILES string of the molecule is COC(=O)c1ccc2nc(CN3CCC(c4cccc5c4O[C@H](c4ccc(Cl)cc4F)C=C5)CC3)n(C[C@@H]3CCO3)c2n1. The van der Waals surface area contributed by atoms with Crippen LogP contribution < -0.4 is 4.74 Å². The largest absolute Gasteiger partial charge is 0.481 e. The van der Waals surface area contributed by atoms with Crippen molar-refractivity contribution in [2.45, 2.75) is 50.5 Å². The van der Waals surface area contributed by atoms with Crippen molar-refractivity contribution in [2.24, 2.45) is 0 Å². The number of pyridine rings is 1. The number of aromatic nitrogens is 3. The number of ether oxygens (including phenoxy) is 3. The Balaban J connectivity index is 1.08. The van der Waals surface area contributed by atoms with Crippen molar-refractivity contribution in [3.05, 3.63) is 93.7 Å². The molecule has 0 aliphatic carbocycles. The first-order valence-electron chi connectivity index (χ1n) is 14.7. The molecule has 0 saturated carbocycles. The number of rotatable bonds is 7. The topological polar surface area (TPSA) is 78.7 Å². The van der Waals surface area contributed by atoms with Crippen LogP contribution in [0.15, 0.2) is 54.6 Å². The fourth-order valence-corrected chi connectivity index (χ4v) is 6.39. The number of imidazole rings is 1. The van der Waals surface area contributed by atoms with E-state index in [0.29, 0.717) is 35.2 Å². The molecule has 2 fully saturated rings. The molecule has 2 aromatic heterocycles. The average Bonchev–Trinajstić information content (AvgIpc) is 3.34. The van der Waals surface area contributed by atoms with Gasteiger partial charge in [-0.3, -0.25) is 4.90 Å². The van der Waals surface area contributed by atoms with Crippen LogP contribution in [0.3, 0.4) is 0 Å². The highest BCUT2D eigenvalue weighted by molar-refractivity contribution is 6.30. The molecule has 0 spiro atoms. The van der Waals surface area contributed by atoms with Crippen molar-refractivity contribution in [2.75, 3.05) is 26.8 Å². The number of nitrogens with zero attached hydrogens (tertiary/aromatic N) is 4. The summed E-state index contributed by atoms with van der Waals surface area (Å²) < 4.78 is 33.9. The van der Waals surface area contributed by atoms with E-state index in [4.69, 9.17) is 30.8 Å². The van der Waals surface area contributed by atoms with Crippen molar-refractivity contribution < 1.29 is 23.4 Å². The second-order valence-electron chi connectivity index (χ2n) is 11.3. The zero-order valence-corrected chi connectivity index (χ0v) is 24.6. The molecule has 4 aromatic rings.